The molecule has 0 saturated carbocycles. The van der Waals surface area contributed by atoms with Gasteiger partial charge in [-0.2, -0.15) is 0 Å². The van der Waals surface area contributed by atoms with Crippen molar-refractivity contribution in [1.82, 2.24) is 4.72 Å². The predicted molar refractivity (Wildman–Crippen MR) is 100 cm³/mol. The van der Waals surface area contributed by atoms with Crippen LogP contribution in [0.2, 0.25) is 0 Å². The molecule has 25 heavy (non-hydrogen) atoms. The summed E-state index contributed by atoms with van der Waals surface area (Å²) < 4.78 is 53.5. The topological polar surface area (TPSA) is 80.3 Å². The first kappa shape index (κ1) is 18.3. The Morgan fingerprint density at radius 3 is 1.96 bits per heavy atom. The van der Waals surface area contributed by atoms with Gasteiger partial charge < -0.3 is 0 Å². The van der Waals surface area contributed by atoms with Gasteiger partial charge in [-0.25, -0.2) is 21.6 Å². The van der Waals surface area contributed by atoms with Crippen molar-refractivity contribution in [2.24, 2.45) is 0 Å². The van der Waals surface area contributed by atoms with Crippen LogP contribution in [0.15, 0.2) is 73.8 Å². The number of thiophene rings is 2. The fraction of sp³-hybridized carbons (Fsp3) is 0.125. The zero-order chi connectivity index (χ0) is 17.9. The number of sulfone groups is 1. The third-order valence-electron chi connectivity index (χ3n) is 3.54. The lowest BCUT2D eigenvalue weighted by Gasteiger charge is -2.18. The van der Waals surface area contributed by atoms with Gasteiger partial charge >= 0.3 is 0 Å². The summed E-state index contributed by atoms with van der Waals surface area (Å²) in [6.07, 6.45) is 0. The van der Waals surface area contributed by atoms with E-state index in [1.807, 2.05) is 0 Å². The molecule has 3 aromatic rings. The second-order valence-electron chi connectivity index (χ2n) is 5.16. The zero-order valence-corrected chi connectivity index (χ0v) is 16.2. The van der Waals surface area contributed by atoms with Crippen molar-refractivity contribution in [3.05, 3.63) is 70.9 Å². The van der Waals surface area contributed by atoms with E-state index in [4.69, 9.17) is 0 Å². The molecule has 0 aliphatic carbocycles. The third-order valence-corrected chi connectivity index (χ3v) is 9.89. The summed E-state index contributed by atoms with van der Waals surface area (Å²) in [6.45, 7) is -0.232. The number of rotatable bonds is 7. The maximum absolute atomic E-state index is 13.0. The largest absolute Gasteiger partial charge is 0.250 e. The molecule has 0 unspecified atom stereocenters. The van der Waals surface area contributed by atoms with Crippen LogP contribution >= 0.6 is 22.7 Å². The van der Waals surface area contributed by atoms with Crippen molar-refractivity contribution in [2.45, 2.75) is 13.7 Å². The lowest BCUT2D eigenvalue weighted by Crippen LogP contribution is -2.31. The molecule has 0 fully saturated rings. The van der Waals surface area contributed by atoms with Crippen molar-refractivity contribution >= 4 is 42.5 Å². The Bertz CT molecular complexity index is 1010. The number of nitrogens with one attached hydrogen (secondary N) is 1. The van der Waals surface area contributed by atoms with E-state index in [0.717, 1.165) is 22.7 Å². The first-order valence-corrected chi connectivity index (χ1v) is 12.1. The highest BCUT2D eigenvalue weighted by Gasteiger charge is 2.31. The summed E-state index contributed by atoms with van der Waals surface area (Å²) in [7, 11) is -7.45. The minimum absolute atomic E-state index is 0.160. The van der Waals surface area contributed by atoms with Crippen molar-refractivity contribution in [3.63, 3.8) is 0 Å². The average molecular weight is 414 g/mol. The second-order valence-corrected chi connectivity index (χ2v) is 11.4. The van der Waals surface area contributed by atoms with Crippen LogP contribution in [-0.2, 0) is 19.9 Å². The minimum atomic E-state index is -3.74. The van der Waals surface area contributed by atoms with Crippen molar-refractivity contribution < 1.29 is 16.8 Å². The van der Waals surface area contributed by atoms with Gasteiger partial charge in [-0.05, 0) is 28.5 Å². The van der Waals surface area contributed by atoms with Crippen LogP contribution in [-0.4, -0.2) is 23.4 Å². The van der Waals surface area contributed by atoms with E-state index in [0.29, 0.717) is 5.56 Å². The predicted octanol–water partition coefficient (Wildman–Crippen LogP) is 3.30. The van der Waals surface area contributed by atoms with E-state index in [9.17, 15) is 16.8 Å². The first-order chi connectivity index (χ1) is 11.9. The highest BCUT2D eigenvalue weighted by atomic mass is 32.2. The van der Waals surface area contributed by atoms with E-state index in [2.05, 4.69) is 4.72 Å². The summed E-state index contributed by atoms with van der Waals surface area (Å²) in [5.41, 5.74) is 0.546. The molecule has 0 aliphatic heterocycles. The van der Waals surface area contributed by atoms with Crippen molar-refractivity contribution in [3.8, 4) is 0 Å². The molecule has 0 saturated heterocycles. The maximum atomic E-state index is 13.0. The smallest absolute Gasteiger partial charge is 0.222 e. The number of hydrogen-bond acceptors (Lipinski definition) is 6. The number of benzene rings is 1. The second kappa shape index (κ2) is 7.38. The third kappa shape index (κ3) is 4.01. The molecule has 9 heteroatoms. The van der Waals surface area contributed by atoms with Gasteiger partial charge in [0.1, 0.15) is 13.7 Å². The van der Waals surface area contributed by atoms with Crippen LogP contribution in [0.25, 0.3) is 0 Å². The summed E-state index contributed by atoms with van der Waals surface area (Å²) >= 11 is 2.21. The molecule has 1 aromatic carbocycles. The molecule has 0 bridgehead atoms. The van der Waals surface area contributed by atoms with E-state index >= 15 is 0 Å². The van der Waals surface area contributed by atoms with E-state index in [1.165, 1.54) is 12.1 Å². The van der Waals surface area contributed by atoms with Crippen LogP contribution in [0.1, 0.15) is 10.8 Å². The van der Waals surface area contributed by atoms with Gasteiger partial charge in [-0.15, -0.1) is 22.7 Å². The molecule has 2 aromatic heterocycles. The summed E-state index contributed by atoms with van der Waals surface area (Å²) in [6, 6.07) is 15.0. The molecular formula is C16H15NO4S4. The fourth-order valence-corrected chi connectivity index (χ4v) is 7.37. The molecule has 3 rings (SSSR count). The molecule has 0 amide bonds. The van der Waals surface area contributed by atoms with Gasteiger partial charge in [0.2, 0.25) is 10.0 Å². The van der Waals surface area contributed by atoms with Crippen LogP contribution in [0.5, 0.6) is 0 Å². The molecule has 1 N–H and O–H groups in total. The Morgan fingerprint density at radius 1 is 0.800 bits per heavy atom. The Hall–Kier alpha value is -1.52. The maximum Gasteiger partial charge on any atom is 0.250 e. The normalized spacial score (nSPS) is 13.6. The molecule has 1 atom stereocenters. The average Bonchev–Trinajstić information content (AvgIpc) is 3.30. The van der Waals surface area contributed by atoms with Gasteiger partial charge in [0, 0.05) is 6.54 Å². The molecule has 0 radical (unpaired) electrons. The monoisotopic (exact) mass is 413 g/mol. The first-order valence-electron chi connectivity index (χ1n) is 7.27. The van der Waals surface area contributed by atoms with Gasteiger partial charge in [-0.1, -0.05) is 42.5 Å². The summed E-state index contributed by atoms with van der Waals surface area (Å²) in [5.74, 6) is 0. The van der Waals surface area contributed by atoms with Gasteiger partial charge in [-0.3, -0.25) is 0 Å². The Kier molecular flexibility index (Phi) is 5.40. The van der Waals surface area contributed by atoms with E-state index < -0.39 is 25.1 Å². The lowest BCUT2D eigenvalue weighted by atomic mass is 10.1. The lowest BCUT2D eigenvalue weighted by molar-refractivity contribution is 0.571. The van der Waals surface area contributed by atoms with Crippen LogP contribution in [0.3, 0.4) is 0 Å². The Morgan fingerprint density at radius 2 is 1.40 bits per heavy atom. The van der Waals surface area contributed by atoms with Gasteiger partial charge in [0.15, 0.2) is 9.84 Å². The fourth-order valence-electron chi connectivity index (χ4n) is 2.31. The van der Waals surface area contributed by atoms with Gasteiger partial charge in [0.05, 0.1) is 0 Å². The van der Waals surface area contributed by atoms with Crippen LogP contribution in [0, 0.1) is 0 Å². The molecule has 2 heterocycles. The molecule has 0 aliphatic rings. The van der Waals surface area contributed by atoms with Gasteiger partial charge in [0.25, 0.3) is 0 Å². The number of hydrogen-bond donors (Lipinski definition) is 1. The molecule has 132 valence electrons. The quantitative estimate of drug-likeness (QED) is 0.644. The number of sulfonamides is 1. The van der Waals surface area contributed by atoms with Crippen LogP contribution in [0.4, 0.5) is 0 Å². The standard InChI is InChI=1S/C16H15NO4S4/c18-24(19,15-8-4-10-22-15)14(13-6-2-1-3-7-13)12-17-25(20,21)16-9-5-11-23-16/h1-11,14,17H,12H2/t14-/m1/s1. The van der Waals surface area contributed by atoms with E-state index in [-0.39, 0.29) is 15.0 Å². The SMILES string of the molecule is O=S(=O)(NC[C@H](c1ccccc1)S(=O)(=O)c1cccs1)c1cccs1. The minimum Gasteiger partial charge on any atom is -0.222 e. The van der Waals surface area contributed by atoms with Crippen molar-refractivity contribution in [2.75, 3.05) is 6.54 Å². The molecule has 5 nitrogen and oxygen atoms in total. The Labute approximate surface area is 154 Å². The highest BCUT2D eigenvalue weighted by Crippen LogP contribution is 2.31. The molecular weight excluding hydrogens is 398 g/mol. The highest BCUT2D eigenvalue weighted by molar-refractivity contribution is 7.94. The zero-order valence-electron chi connectivity index (χ0n) is 12.9. The Balaban J connectivity index is 1.93. The van der Waals surface area contributed by atoms with E-state index in [1.54, 1.807) is 53.2 Å². The summed E-state index contributed by atoms with van der Waals surface area (Å²) in [5, 5.41) is 2.35. The van der Waals surface area contributed by atoms with Crippen LogP contribution < -0.4 is 4.72 Å². The summed E-state index contributed by atoms with van der Waals surface area (Å²) in [4.78, 5) is 0. The molecule has 0 spiro atoms. The van der Waals surface area contributed by atoms with Crippen molar-refractivity contribution in [1.29, 1.82) is 0 Å².